The van der Waals surface area contributed by atoms with E-state index in [-0.39, 0.29) is 0 Å². The fraction of sp³-hybridized carbons (Fsp3) is 0.278. The number of hydrogen-bond donors (Lipinski definition) is 0. The zero-order valence-corrected chi connectivity index (χ0v) is 12.1. The number of aromatic nitrogens is 2. The lowest BCUT2D eigenvalue weighted by Crippen LogP contribution is -1.99. The first kappa shape index (κ1) is 12.9. The summed E-state index contributed by atoms with van der Waals surface area (Å²) in [5.74, 6) is 1.78. The molecule has 0 N–H and O–H groups in total. The monoisotopic (exact) mass is 264 g/mol. The summed E-state index contributed by atoms with van der Waals surface area (Å²) in [5.41, 5.74) is 3.71. The molecular weight excluding hydrogens is 244 g/mol. The molecule has 2 heterocycles. The molecule has 0 aliphatic carbocycles. The van der Waals surface area contributed by atoms with Crippen LogP contribution in [-0.4, -0.2) is 9.38 Å². The van der Waals surface area contributed by atoms with Crippen LogP contribution >= 0.6 is 0 Å². The fourth-order valence-electron chi connectivity index (χ4n) is 2.60. The largest absolute Gasteiger partial charge is 0.303 e. The highest BCUT2D eigenvalue weighted by Gasteiger charge is 2.11. The standard InChI is InChI=1S/C18H20N2/c1-14(2)12-18-19-16(13-15-8-4-3-5-9-15)17-10-6-7-11-20(17)18/h3-11,14H,12-13H2,1-2H3. The van der Waals surface area contributed by atoms with Crippen LogP contribution in [0.2, 0.25) is 0 Å². The van der Waals surface area contributed by atoms with Crippen LogP contribution in [0, 0.1) is 5.92 Å². The van der Waals surface area contributed by atoms with Crippen molar-refractivity contribution in [3.63, 3.8) is 0 Å². The van der Waals surface area contributed by atoms with Gasteiger partial charge in [-0.1, -0.05) is 50.2 Å². The lowest BCUT2D eigenvalue weighted by Gasteiger charge is -2.03. The highest BCUT2D eigenvalue weighted by molar-refractivity contribution is 5.54. The van der Waals surface area contributed by atoms with Crippen molar-refractivity contribution in [3.8, 4) is 0 Å². The molecule has 0 fully saturated rings. The van der Waals surface area contributed by atoms with Crippen molar-refractivity contribution >= 4 is 5.52 Å². The zero-order chi connectivity index (χ0) is 13.9. The molecule has 0 aliphatic rings. The summed E-state index contributed by atoms with van der Waals surface area (Å²) in [6.45, 7) is 4.47. The summed E-state index contributed by atoms with van der Waals surface area (Å²) in [6.07, 6.45) is 4.03. The van der Waals surface area contributed by atoms with Crippen molar-refractivity contribution < 1.29 is 0 Å². The predicted molar refractivity (Wildman–Crippen MR) is 83.0 cm³/mol. The summed E-state index contributed by atoms with van der Waals surface area (Å²) in [5, 5.41) is 0. The number of rotatable bonds is 4. The Hall–Kier alpha value is -2.09. The topological polar surface area (TPSA) is 17.3 Å². The Morgan fingerprint density at radius 3 is 2.50 bits per heavy atom. The van der Waals surface area contributed by atoms with Gasteiger partial charge in [0.15, 0.2) is 0 Å². The second-order valence-corrected chi connectivity index (χ2v) is 5.69. The lowest BCUT2D eigenvalue weighted by molar-refractivity contribution is 0.618. The minimum Gasteiger partial charge on any atom is -0.303 e. The zero-order valence-electron chi connectivity index (χ0n) is 12.1. The van der Waals surface area contributed by atoms with Crippen molar-refractivity contribution in [2.24, 2.45) is 5.92 Å². The third kappa shape index (κ3) is 2.60. The van der Waals surface area contributed by atoms with Crippen molar-refractivity contribution in [1.29, 1.82) is 0 Å². The summed E-state index contributed by atoms with van der Waals surface area (Å²) in [4.78, 5) is 4.89. The molecular formula is C18H20N2. The van der Waals surface area contributed by atoms with Crippen LogP contribution in [0.25, 0.3) is 5.52 Å². The molecule has 102 valence electrons. The Balaban J connectivity index is 2.02. The molecule has 1 aromatic carbocycles. The van der Waals surface area contributed by atoms with Crippen molar-refractivity contribution in [3.05, 3.63) is 71.8 Å². The number of benzene rings is 1. The molecule has 3 aromatic rings. The Morgan fingerprint density at radius 1 is 1.00 bits per heavy atom. The van der Waals surface area contributed by atoms with Gasteiger partial charge in [0.25, 0.3) is 0 Å². The molecule has 2 nitrogen and oxygen atoms in total. The molecule has 20 heavy (non-hydrogen) atoms. The van der Waals surface area contributed by atoms with E-state index in [0.717, 1.165) is 12.8 Å². The van der Waals surface area contributed by atoms with Crippen molar-refractivity contribution in [1.82, 2.24) is 9.38 Å². The third-order valence-electron chi connectivity index (χ3n) is 3.50. The predicted octanol–water partition coefficient (Wildman–Crippen LogP) is 4.12. The molecule has 0 unspecified atom stereocenters. The maximum atomic E-state index is 4.89. The van der Waals surface area contributed by atoms with Crippen LogP contribution in [0.4, 0.5) is 0 Å². The summed E-state index contributed by atoms with van der Waals surface area (Å²) in [6, 6.07) is 16.9. The van der Waals surface area contributed by atoms with E-state index in [4.69, 9.17) is 4.98 Å². The van der Waals surface area contributed by atoms with Crippen LogP contribution in [0.3, 0.4) is 0 Å². The Kier molecular flexibility index (Phi) is 3.55. The molecule has 0 saturated heterocycles. The van der Waals surface area contributed by atoms with Crippen LogP contribution in [-0.2, 0) is 12.8 Å². The van der Waals surface area contributed by atoms with Gasteiger partial charge in [0.05, 0.1) is 11.2 Å². The SMILES string of the molecule is CC(C)Cc1nc(Cc2ccccc2)c2ccccn12. The smallest absolute Gasteiger partial charge is 0.113 e. The quantitative estimate of drug-likeness (QED) is 0.692. The lowest BCUT2D eigenvalue weighted by atomic mass is 10.1. The summed E-state index contributed by atoms with van der Waals surface area (Å²) in [7, 11) is 0. The third-order valence-corrected chi connectivity index (χ3v) is 3.50. The Morgan fingerprint density at radius 2 is 1.75 bits per heavy atom. The second kappa shape index (κ2) is 5.49. The number of hydrogen-bond acceptors (Lipinski definition) is 1. The minimum atomic E-state index is 0.616. The van der Waals surface area contributed by atoms with Gasteiger partial charge >= 0.3 is 0 Å². The van der Waals surface area contributed by atoms with E-state index in [1.165, 1.54) is 22.6 Å². The molecule has 2 aromatic heterocycles. The summed E-state index contributed by atoms with van der Waals surface area (Å²) < 4.78 is 2.23. The average Bonchev–Trinajstić information content (AvgIpc) is 2.78. The molecule has 0 saturated carbocycles. The number of imidazole rings is 1. The van der Waals surface area contributed by atoms with Crippen LogP contribution in [0.15, 0.2) is 54.7 Å². The first-order chi connectivity index (χ1) is 9.74. The van der Waals surface area contributed by atoms with Gasteiger partial charge in [-0.25, -0.2) is 4.98 Å². The molecule has 3 rings (SSSR count). The maximum Gasteiger partial charge on any atom is 0.113 e. The maximum absolute atomic E-state index is 4.89. The van der Waals surface area contributed by atoms with Crippen LogP contribution in [0.5, 0.6) is 0 Å². The molecule has 0 atom stereocenters. The molecule has 0 bridgehead atoms. The van der Waals surface area contributed by atoms with Gasteiger partial charge in [0.2, 0.25) is 0 Å². The van der Waals surface area contributed by atoms with E-state index in [1.807, 2.05) is 0 Å². The minimum absolute atomic E-state index is 0.616. The van der Waals surface area contributed by atoms with Crippen LogP contribution in [0.1, 0.15) is 30.9 Å². The second-order valence-electron chi connectivity index (χ2n) is 5.69. The first-order valence-electron chi connectivity index (χ1n) is 7.23. The molecule has 0 aliphatic heterocycles. The van der Waals surface area contributed by atoms with Gasteiger partial charge in [-0.05, 0) is 23.6 Å². The normalized spacial score (nSPS) is 11.3. The van der Waals surface area contributed by atoms with E-state index < -0.39 is 0 Å². The van der Waals surface area contributed by atoms with Crippen molar-refractivity contribution in [2.75, 3.05) is 0 Å². The van der Waals surface area contributed by atoms with E-state index in [1.54, 1.807) is 0 Å². The molecule has 0 radical (unpaired) electrons. The van der Waals surface area contributed by atoms with Gasteiger partial charge in [0, 0.05) is 19.0 Å². The van der Waals surface area contributed by atoms with E-state index in [9.17, 15) is 0 Å². The number of nitrogens with zero attached hydrogens (tertiary/aromatic N) is 2. The van der Waals surface area contributed by atoms with Gasteiger partial charge in [-0.2, -0.15) is 0 Å². The number of fused-ring (bicyclic) bond motifs is 1. The highest BCUT2D eigenvalue weighted by Crippen LogP contribution is 2.18. The molecule has 2 heteroatoms. The highest BCUT2D eigenvalue weighted by atomic mass is 15.0. The van der Waals surface area contributed by atoms with Gasteiger partial charge in [-0.15, -0.1) is 0 Å². The molecule has 0 spiro atoms. The van der Waals surface area contributed by atoms with E-state index in [0.29, 0.717) is 5.92 Å². The van der Waals surface area contributed by atoms with E-state index in [2.05, 4.69) is 73.0 Å². The molecule has 0 amide bonds. The Labute approximate surface area is 120 Å². The fourth-order valence-corrected chi connectivity index (χ4v) is 2.60. The van der Waals surface area contributed by atoms with E-state index >= 15 is 0 Å². The van der Waals surface area contributed by atoms with Crippen LogP contribution < -0.4 is 0 Å². The van der Waals surface area contributed by atoms with Crippen molar-refractivity contribution in [2.45, 2.75) is 26.7 Å². The van der Waals surface area contributed by atoms with Gasteiger partial charge < -0.3 is 4.40 Å². The first-order valence-corrected chi connectivity index (χ1v) is 7.23. The number of pyridine rings is 1. The average molecular weight is 264 g/mol. The van der Waals surface area contributed by atoms with Gasteiger partial charge in [0.1, 0.15) is 5.82 Å². The Bertz CT molecular complexity index is 696. The van der Waals surface area contributed by atoms with Gasteiger partial charge in [-0.3, -0.25) is 0 Å². The summed E-state index contributed by atoms with van der Waals surface area (Å²) >= 11 is 0.